The van der Waals surface area contributed by atoms with Crippen LogP contribution in [-0.4, -0.2) is 23.6 Å². The number of nitrogens with two attached hydrogens (primary N) is 1. The van der Waals surface area contributed by atoms with Crippen molar-refractivity contribution in [3.63, 3.8) is 0 Å². The fraction of sp³-hybridized carbons (Fsp3) is 0.158. The van der Waals surface area contributed by atoms with Gasteiger partial charge in [-0.25, -0.2) is 23.1 Å². The third-order valence-corrected chi connectivity index (χ3v) is 4.11. The van der Waals surface area contributed by atoms with Gasteiger partial charge >= 0.3 is 0 Å². The maximum atomic E-state index is 14.5. The number of ether oxygens (including phenoxy) is 1. The number of amidine groups is 1. The number of halogens is 3. The number of anilines is 1. The molecular weight excluding hydrogens is 387 g/mol. The summed E-state index contributed by atoms with van der Waals surface area (Å²) >= 11 is 0. The van der Waals surface area contributed by atoms with E-state index < -0.39 is 35.4 Å². The largest absolute Gasteiger partial charge is 0.428 e. The Morgan fingerprint density at radius 2 is 2.10 bits per heavy atom. The second-order valence-electron chi connectivity index (χ2n) is 6.26. The number of allylic oxidation sites excluding steroid dienone is 1. The van der Waals surface area contributed by atoms with Crippen molar-refractivity contribution in [1.82, 2.24) is 4.98 Å². The Balaban J connectivity index is 1.94. The van der Waals surface area contributed by atoms with Crippen LogP contribution in [0.15, 0.2) is 47.3 Å². The van der Waals surface area contributed by atoms with Gasteiger partial charge in [0.1, 0.15) is 29.9 Å². The van der Waals surface area contributed by atoms with Crippen LogP contribution in [0.4, 0.5) is 18.9 Å². The van der Waals surface area contributed by atoms with Crippen LogP contribution in [0.25, 0.3) is 0 Å². The Labute approximate surface area is 163 Å². The third kappa shape index (κ3) is 4.03. The van der Waals surface area contributed by atoms with Gasteiger partial charge in [0.05, 0.1) is 5.56 Å². The smallest absolute Gasteiger partial charge is 0.288 e. The van der Waals surface area contributed by atoms with Gasteiger partial charge in [0.25, 0.3) is 11.9 Å². The first-order valence-corrected chi connectivity index (χ1v) is 8.23. The van der Waals surface area contributed by atoms with Crippen molar-refractivity contribution in [3.8, 4) is 6.07 Å². The van der Waals surface area contributed by atoms with Gasteiger partial charge in [0, 0.05) is 17.4 Å². The van der Waals surface area contributed by atoms with E-state index in [-0.39, 0.29) is 28.6 Å². The van der Waals surface area contributed by atoms with E-state index >= 15 is 0 Å². The molecule has 0 aliphatic carbocycles. The van der Waals surface area contributed by atoms with Gasteiger partial charge in [-0.1, -0.05) is 0 Å². The second-order valence-corrected chi connectivity index (χ2v) is 6.26. The molecule has 1 aromatic carbocycles. The molecule has 0 spiro atoms. The summed E-state index contributed by atoms with van der Waals surface area (Å²) in [6, 6.07) is 5.85. The fourth-order valence-electron chi connectivity index (χ4n) is 2.81. The number of alkyl halides is 1. The monoisotopic (exact) mass is 401 g/mol. The van der Waals surface area contributed by atoms with E-state index in [1.807, 2.05) is 0 Å². The van der Waals surface area contributed by atoms with Gasteiger partial charge in [-0.15, -0.1) is 0 Å². The summed E-state index contributed by atoms with van der Waals surface area (Å²) in [7, 11) is 0. The topological polar surface area (TPSA) is 113 Å². The molecule has 0 bridgehead atoms. The number of hydrogen-bond acceptors (Lipinski definition) is 6. The average molecular weight is 401 g/mol. The molecule has 1 atom stereocenters. The molecule has 1 aliphatic rings. The number of amides is 1. The minimum atomic E-state index is -1.38. The number of nitrogens with zero attached hydrogens (tertiary/aromatic N) is 3. The van der Waals surface area contributed by atoms with Crippen molar-refractivity contribution in [1.29, 1.82) is 5.26 Å². The molecule has 2 heterocycles. The number of rotatable bonds is 4. The number of benzene rings is 1. The van der Waals surface area contributed by atoms with E-state index in [4.69, 9.17) is 15.7 Å². The molecule has 1 amide bonds. The zero-order chi connectivity index (χ0) is 21.2. The molecular formula is C19H14F3N5O2. The molecule has 7 nitrogen and oxygen atoms in total. The zero-order valence-corrected chi connectivity index (χ0v) is 15.0. The Kier molecular flexibility index (Phi) is 5.23. The van der Waals surface area contributed by atoms with E-state index in [1.165, 1.54) is 25.1 Å². The number of hydrogen-bond donors (Lipinski definition) is 2. The van der Waals surface area contributed by atoms with Gasteiger partial charge in [0.15, 0.2) is 11.5 Å². The number of aromatic nitrogens is 1. The van der Waals surface area contributed by atoms with E-state index in [0.29, 0.717) is 0 Å². The predicted octanol–water partition coefficient (Wildman–Crippen LogP) is 2.90. The van der Waals surface area contributed by atoms with Crippen LogP contribution >= 0.6 is 0 Å². The fourth-order valence-corrected chi connectivity index (χ4v) is 2.81. The molecule has 0 unspecified atom stereocenters. The van der Waals surface area contributed by atoms with Crippen molar-refractivity contribution >= 4 is 17.6 Å². The molecule has 1 aliphatic heterocycles. The van der Waals surface area contributed by atoms with Gasteiger partial charge in [-0.2, -0.15) is 5.26 Å². The third-order valence-electron chi connectivity index (χ3n) is 4.11. The standard InChI is InChI=1S/C19H14F3N5O2/c1-19(6-12(7-20)29-18(24)27-19)13-5-11(2-3-14(13)21)26-17(28)16-15(22)4-10(8-23)9-25-16/h2-6,9H,7H2,1H3,(H2,24,27)(H,26,28)/t19-/m0/s1. The van der Waals surface area contributed by atoms with E-state index in [9.17, 15) is 18.0 Å². The highest BCUT2D eigenvalue weighted by Crippen LogP contribution is 2.35. The van der Waals surface area contributed by atoms with Crippen LogP contribution in [0.2, 0.25) is 0 Å². The molecule has 0 fully saturated rings. The molecule has 148 valence electrons. The van der Waals surface area contributed by atoms with Crippen molar-refractivity contribution < 1.29 is 22.7 Å². The summed E-state index contributed by atoms with van der Waals surface area (Å²) in [5.41, 5.74) is 3.70. The minimum absolute atomic E-state index is 0.0132. The predicted molar refractivity (Wildman–Crippen MR) is 97.4 cm³/mol. The molecule has 0 radical (unpaired) electrons. The minimum Gasteiger partial charge on any atom is -0.428 e. The van der Waals surface area contributed by atoms with E-state index in [0.717, 1.165) is 18.3 Å². The SMILES string of the molecule is C[C@@]1(c2cc(NC(=O)c3ncc(C#N)cc3F)ccc2F)C=C(CF)OC(N)=N1. The van der Waals surface area contributed by atoms with Gasteiger partial charge in [0.2, 0.25) is 0 Å². The summed E-state index contributed by atoms with van der Waals surface area (Å²) in [6.45, 7) is 0.525. The quantitative estimate of drug-likeness (QED) is 0.818. The average Bonchev–Trinajstić information content (AvgIpc) is 2.68. The lowest BCUT2D eigenvalue weighted by atomic mass is 9.90. The normalized spacial score (nSPS) is 18.2. The maximum Gasteiger partial charge on any atom is 0.288 e. The molecule has 0 saturated carbocycles. The number of carbonyl (C=O) groups excluding carboxylic acids is 1. The van der Waals surface area contributed by atoms with Crippen molar-refractivity contribution in [2.24, 2.45) is 10.7 Å². The highest BCUT2D eigenvalue weighted by Gasteiger charge is 2.32. The molecule has 1 aromatic heterocycles. The summed E-state index contributed by atoms with van der Waals surface area (Å²) in [5, 5.41) is 11.1. The van der Waals surface area contributed by atoms with Crippen LogP contribution in [0, 0.1) is 23.0 Å². The van der Waals surface area contributed by atoms with E-state index in [2.05, 4.69) is 15.3 Å². The second kappa shape index (κ2) is 7.63. The van der Waals surface area contributed by atoms with Crippen LogP contribution in [0.1, 0.15) is 28.5 Å². The lowest BCUT2D eigenvalue weighted by Gasteiger charge is -2.28. The lowest BCUT2D eigenvalue weighted by Crippen LogP contribution is -2.31. The molecule has 0 saturated heterocycles. The van der Waals surface area contributed by atoms with Crippen molar-refractivity contribution in [3.05, 3.63) is 70.8 Å². The van der Waals surface area contributed by atoms with Crippen molar-refractivity contribution in [2.75, 3.05) is 12.0 Å². The first kappa shape index (κ1) is 19.9. The molecule has 10 heteroatoms. The number of carbonyl (C=O) groups is 1. The van der Waals surface area contributed by atoms with Crippen LogP contribution in [0.3, 0.4) is 0 Å². The summed E-state index contributed by atoms with van der Waals surface area (Å²) in [6.07, 6.45) is 2.33. The molecule has 3 N–H and O–H groups in total. The van der Waals surface area contributed by atoms with Crippen LogP contribution in [0.5, 0.6) is 0 Å². The zero-order valence-electron chi connectivity index (χ0n) is 15.0. The Morgan fingerprint density at radius 3 is 2.76 bits per heavy atom. The van der Waals surface area contributed by atoms with Crippen LogP contribution in [-0.2, 0) is 10.3 Å². The first-order chi connectivity index (χ1) is 13.8. The summed E-state index contributed by atoms with van der Waals surface area (Å²) < 4.78 is 46.4. The van der Waals surface area contributed by atoms with Gasteiger partial charge < -0.3 is 15.8 Å². The van der Waals surface area contributed by atoms with E-state index in [1.54, 1.807) is 6.07 Å². The summed E-state index contributed by atoms with van der Waals surface area (Å²) in [4.78, 5) is 20.0. The van der Waals surface area contributed by atoms with Gasteiger partial charge in [-0.3, -0.25) is 4.79 Å². The Bertz CT molecular complexity index is 1090. The van der Waals surface area contributed by atoms with Crippen LogP contribution < -0.4 is 11.1 Å². The first-order valence-electron chi connectivity index (χ1n) is 8.23. The maximum absolute atomic E-state index is 14.5. The molecule has 2 aromatic rings. The number of nitriles is 1. The van der Waals surface area contributed by atoms with Gasteiger partial charge in [-0.05, 0) is 37.3 Å². The van der Waals surface area contributed by atoms with Crippen molar-refractivity contribution in [2.45, 2.75) is 12.5 Å². The number of nitrogens with one attached hydrogen (secondary N) is 1. The molecule has 29 heavy (non-hydrogen) atoms. The lowest BCUT2D eigenvalue weighted by molar-refractivity contribution is 0.101. The highest BCUT2D eigenvalue weighted by atomic mass is 19.1. The summed E-state index contributed by atoms with van der Waals surface area (Å²) in [5.74, 6) is -2.68. The highest BCUT2D eigenvalue weighted by molar-refractivity contribution is 6.03. The number of aliphatic imine (C=N–C) groups is 1. The Morgan fingerprint density at radius 1 is 1.34 bits per heavy atom. The number of pyridine rings is 1. The molecule has 3 rings (SSSR count). The Hall–Kier alpha value is -3.87.